The number of pyridine rings is 1. The summed E-state index contributed by atoms with van der Waals surface area (Å²) in [7, 11) is 0. The Bertz CT molecular complexity index is 314. The number of nitrogens with two attached hydrogens (primary N) is 1. The maximum atomic E-state index is 9.89. The van der Waals surface area contributed by atoms with E-state index in [1.807, 2.05) is 12.1 Å². The zero-order chi connectivity index (χ0) is 9.42. The van der Waals surface area contributed by atoms with Gasteiger partial charge in [0.05, 0.1) is 6.10 Å². The highest BCUT2D eigenvalue weighted by Crippen LogP contribution is 2.47. The quantitative estimate of drug-likeness (QED) is 0.718. The van der Waals surface area contributed by atoms with Crippen LogP contribution < -0.4 is 5.73 Å². The SMILES string of the molecule is CC1CC1C(O)c1cccnc1N. The number of aliphatic hydroxyl groups excluding tert-OH is 1. The minimum atomic E-state index is -0.427. The van der Waals surface area contributed by atoms with Gasteiger partial charge in [0.25, 0.3) is 0 Å². The van der Waals surface area contributed by atoms with Crippen molar-refractivity contribution in [2.24, 2.45) is 11.8 Å². The van der Waals surface area contributed by atoms with Gasteiger partial charge in [-0.25, -0.2) is 4.98 Å². The van der Waals surface area contributed by atoms with Crippen LogP contribution >= 0.6 is 0 Å². The highest BCUT2D eigenvalue weighted by molar-refractivity contribution is 5.40. The van der Waals surface area contributed by atoms with E-state index in [1.165, 1.54) is 0 Å². The molecule has 1 aliphatic carbocycles. The van der Waals surface area contributed by atoms with E-state index >= 15 is 0 Å². The summed E-state index contributed by atoms with van der Waals surface area (Å²) in [5.41, 5.74) is 6.44. The fourth-order valence-electron chi connectivity index (χ4n) is 1.70. The van der Waals surface area contributed by atoms with E-state index < -0.39 is 6.10 Å². The van der Waals surface area contributed by atoms with Gasteiger partial charge >= 0.3 is 0 Å². The largest absolute Gasteiger partial charge is 0.388 e. The van der Waals surface area contributed by atoms with Gasteiger partial charge < -0.3 is 10.8 Å². The molecule has 3 heteroatoms. The van der Waals surface area contributed by atoms with Crippen LogP contribution in [0.4, 0.5) is 5.82 Å². The number of hydrogen-bond donors (Lipinski definition) is 2. The fraction of sp³-hybridized carbons (Fsp3) is 0.500. The third-order valence-electron chi connectivity index (χ3n) is 2.77. The van der Waals surface area contributed by atoms with Crippen LogP contribution in [-0.2, 0) is 0 Å². The van der Waals surface area contributed by atoms with Crippen molar-refractivity contribution in [2.75, 3.05) is 5.73 Å². The molecule has 1 fully saturated rings. The first-order valence-corrected chi connectivity index (χ1v) is 4.58. The number of rotatable bonds is 2. The molecule has 1 aromatic rings. The van der Waals surface area contributed by atoms with Gasteiger partial charge in [-0.1, -0.05) is 13.0 Å². The minimum Gasteiger partial charge on any atom is -0.388 e. The van der Waals surface area contributed by atoms with Crippen LogP contribution in [-0.4, -0.2) is 10.1 Å². The summed E-state index contributed by atoms with van der Waals surface area (Å²) in [5.74, 6) is 1.45. The predicted octanol–water partition coefficient (Wildman–Crippen LogP) is 1.35. The molecule has 70 valence electrons. The molecule has 0 amide bonds. The first-order chi connectivity index (χ1) is 6.20. The number of nitrogens with zero attached hydrogens (tertiary/aromatic N) is 1. The topological polar surface area (TPSA) is 59.1 Å². The second kappa shape index (κ2) is 3.00. The molecule has 3 nitrogen and oxygen atoms in total. The Kier molecular flexibility index (Phi) is 1.96. The Hall–Kier alpha value is -1.09. The van der Waals surface area contributed by atoms with E-state index in [-0.39, 0.29) is 0 Å². The summed E-state index contributed by atoms with van der Waals surface area (Å²) in [6.45, 7) is 2.14. The first-order valence-electron chi connectivity index (χ1n) is 4.58. The van der Waals surface area contributed by atoms with E-state index in [0.717, 1.165) is 12.0 Å². The summed E-state index contributed by atoms with van der Waals surface area (Å²) < 4.78 is 0. The van der Waals surface area contributed by atoms with E-state index in [1.54, 1.807) is 6.20 Å². The summed E-state index contributed by atoms with van der Waals surface area (Å²) >= 11 is 0. The van der Waals surface area contributed by atoms with Gasteiger partial charge in [-0.15, -0.1) is 0 Å². The van der Waals surface area contributed by atoms with Crippen LogP contribution in [0, 0.1) is 11.8 Å². The van der Waals surface area contributed by atoms with Crippen molar-refractivity contribution in [2.45, 2.75) is 19.4 Å². The molecule has 1 saturated carbocycles. The van der Waals surface area contributed by atoms with Crippen LogP contribution in [0.1, 0.15) is 25.0 Å². The third-order valence-corrected chi connectivity index (χ3v) is 2.77. The monoisotopic (exact) mass is 178 g/mol. The van der Waals surface area contributed by atoms with Gasteiger partial charge in [0, 0.05) is 11.8 Å². The summed E-state index contributed by atoms with van der Waals surface area (Å²) in [4.78, 5) is 3.95. The molecule has 1 heterocycles. The molecule has 2 rings (SSSR count). The van der Waals surface area contributed by atoms with E-state index in [2.05, 4.69) is 11.9 Å². The maximum Gasteiger partial charge on any atom is 0.129 e. The molecule has 3 N–H and O–H groups in total. The molecule has 0 bridgehead atoms. The molecule has 13 heavy (non-hydrogen) atoms. The lowest BCUT2D eigenvalue weighted by Crippen LogP contribution is -2.06. The molecular formula is C10H14N2O. The lowest BCUT2D eigenvalue weighted by Gasteiger charge is -2.11. The molecule has 0 saturated heterocycles. The molecule has 1 aromatic heterocycles. The molecule has 0 aliphatic heterocycles. The third kappa shape index (κ3) is 1.52. The molecule has 0 aromatic carbocycles. The smallest absolute Gasteiger partial charge is 0.129 e. The highest BCUT2D eigenvalue weighted by Gasteiger charge is 2.40. The standard InChI is InChI=1S/C10H14N2O/c1-6-5-8(6)9(13)7-3-2-4-12-10(7)11/h2-4,6,8-9,13H,5H2,1H3,(H2,11,12). The number of aromatic nitrogens is 1. The van der Waals surface area contributed by atoms with Gasteiger partial charge in [-0.2, -0.15) is 0 Å². The molecule has 0 radical (unpaired) electrons. The Morgan fingerprint density at radius 1 is 1.69 bits per heavy atom. The van der Waals surface area contributed by atoms with Crippen molar-refractivity contribution < 1.29 is 5.11 Å². The van der Waals surface area contributed by atoms with Crippen molar-refractivity contribution in [1.82, 2.24) is 4.98 Å². The second-order valence-electron chi connectivity index (χ2n) is 3.80. The Balaban J connectivity index is 2.20. The zero-order valence-corrected chi connectivity index (χ0v) is 7.64. The van der Waals surface area contributed by atoms with Crippen molar-refractivity contribution in [3.63, 3.8) is 0 Å². The fourth-order valence-corrected chi connectivity index (χ4v) is 1.70. The summed E-state index contributed by atoms with van der Waals surface area (Å²) in [6, 6.07) is 3.65. The number of hydrogen-bond acceptors (Lipinski definition) is 3. The van der Waals surface area contributed by atoms with Crippen LogP contribution in [0.15, 0.2) is 18.3 Å². The first kappa shape index (κ1) is 8.51. The minimum absolute atomic E-state index is 0.381. The number of nitrogen functional groups attached to an aromatic ring is 1. The van der Waals surface area contributed by atoms with Crippen molar-refractivity contribution >= 4 is 5.82 Å². The van der Waals surface area contributed by atoms with Gasteiger partial charge in [-0.05, 0) is 24.3 Å². The Labute approximate surface area is 77.6 Å². The second-order valence-corrected chi connectivity index (χ2v) is 3.80. The lowest BCUT2D eigenvalue weighted by molar-refractivity contribution is 0.148. The van der Waals surface area contributed by atoms with Crippen molar-refractivity contribution in [3.8, 4) is 0 Å². The summed E-state index contributed by atoms with van der Waals surface area (Å²) in [5, 5.41) is 9.89. The molecule has 3 unspecified atom stereocenters. The van der Waals surface area contributed by atoms with Gasteiger partial charge in [-0.3, -0.25) is 0 Å². The van der Waals surface area contributed by atoms with Gasteiger partial charge in [0.2, 0.25) is 0 Å². The van der Waals surface area contributed by atoms with Crippen molar-refractivity contribution in [1.29, 1.82) is 0 Å². The van der Waals surface area contributed by atoms with Crippen LogP contribution in [0.25, 0.3) is 0 Å². The van der Waals surface area contributed by atoms with Gasteiger partial charge in [0.15, 0.2) is 0 Å². The number of aliphatic hydroxyl groups is 1. The van der Waals surface area contributed by atoms with Crippen LogP contribution in [0.2, 0.25) is 0 Å². The normalized spacial score (nSPS) is 28.5. The van der Waals surface area contributed by atoms with Crippen LogP contribution in [0.3, 0.4) is 0 Å². The lowest BCUT2D eigenvalue weighted by atomic mass is 10.1. The maximum absolute atomic E-state index is 9.89. The van der Waals surface area contributed by atoms with Crippen molar-refractivity contribution in [3.05, 3.63) is 23.9 Å². The average molecular weight is 178 g/mol. The van der Waals surface area contributed by atoms with E-state index in [9.17, 15) is 5.11 Å². The number of anilines is 1. The van der Waals surface area contributed by atoms with E-state index in [0.29, 0.717) is 17.7 Å². The highest BCUT2D eigenvalue weighted by atomic mass is 16.3. The Morgan fingerprint density at radius 3 is 2.92 bits per heavy atom. The van der Waals surface area contributed by atoms with Crippen LogP contribution in [0.5, 0.6) is 0 Å². The summed E-state index contributed by atoms with van der Waals surface area (Å²) in [6.07, 6.45) is 2.31. The average Bonchev–Trinajstić information content (AvgIpc) is 2.82. The molecule has 3 atom stereocenters. The molecular weight excluding hydrogens is 164 g/mol. The van der Waals surface area contributed by atoms with E-state index in [4.69, 9.17) is 5.73 Å². The van der Waals surface area contributed by atoms with Gasteiger partial charge in [0.1, 0.15) is 5.82 Å². The Morgan fingerprint density at radius 2 is 2.38 bits per heavy atom. The predicted molar refractivity (Wildman–Crippen MR) is 50.9 cm³/mol. The molecule has 0 spiro atoms. The zero-order valence-electron chi connectivity index (χ0n) is 7.64. The molecule has 1 aliphatic rings.